The van der Waals surface area contributed by atoms with Crippen molar-refractivity contribution in [1.82, 2.24) is 9.97 Å². The van der Waals surface area contributed by atoms with Gasteiger partial charge in [-0.3, -0.25) is 0 Å². The average Bonchev–Trinajstić information content (AvgIpc) is 2.87. The fraction of sp³-hybridized carbons (Fsp3) is 0.0588. The van der Waals surface area contributed by atoms with Crippen LogP contribution in [0.5, 0.6) is 0 Å². The summed E-state index contributed by atoms with van der Waals surface area (Å²) in [7, 11) is 0. The molecule has 1 N–H and O–H groups in total. The second-order valence-electron chi connectivity index (χ2n) is 5.05. The minimum absolute atomic E-state index is 0.778. The van der Waals surface area contributed by atoms with Crippen LogP contribution >= 0.6 is 15.9 Å². The molecule has 21 heavy (non-hydrogen) atoms. The van der Waals surface area contributed by atoms with Gasteiger partial charge in [0.1, 0.15) is 12.1 Å². The van der Waals surface area contributed by atoms with E-state index < -0.39 is 0 Å². The van der Waals surface area contributed by atoms with E-state index in [4.69, 9.17) is 0 Å². The van der Waals surface area contributed by atoms with Gasteiger partial charge in [-0.15, -0.1) is 0 Å². The lowest BCUT2D eigenvalue weighted by atomic mass is 10.1. The third-order valence-electron chi connectivity index (χ3n) is 3.72. The number of halogens is 1. The van der Waals surface area contributed by atoms with Crippen molar-refractivity contribution in [3.05, 3.63) is 70.6 Å². The zero-order valence-electron chi connectivity index (χ0n) is 11.2. The summed E-state index contributed by atoms with van der Waals surface area (Å²) in [5, 5.41) is 3.33. The second kappa shape index (κ2) is 4.97. The summed E-state index contributed by atoms with van der Waals surface area (Å²) in [5.74, 6) is 0.778. The first-order valence-corrected chi connectivity index (χ1v) is 7.54. The highest BCUT2D eigenvalue weighted by Gasteiger charge is 2.17. The summed E-state index contributed by atoms with van der Waals surface area (Å²) < 4.78 is 0.855. The molecule has 0 bridgehead atoms. The number of benzene rings is 2. The molecule has 0 amide bonds. The van der Waals surface area contributed by atoms with Crippen LogP contribution in [0.2, 0.25) is 0 Å². The predicted molar refractivity (Wildman–Crippen MR) is 87.7 cm³/mol. The molecule has 0 saturated heterocycles. The monoisotopic (exact) mass is 337 g/mol. The van der Waals surface area contributed by atoms with Crippen molar-refractivity contribution < 1.29 is 0 Å². The van der Waals surface area contributed by atoms with Gasteiger partial charge in [0.05, 0.1) is 4.47 Å². The SMILES string of the molecule is Brc1cncnc1Nc1ccc2c(c1)Cc1ccccc1-2. The normalized spacial score (nSPS) is 11.9. The Morgan fingerprint density at radius 1 is 1.00 bits per heavy atom. The lowest BCUT2D eigenvalue weighted by Crippen LogP contribution is -1.96. The highest BCUT2D eigenvalue weighted by Crippen LogP contribution is 2.38. The Morgan fingerprint density at radius 3 is 2.76 bits per heavy atom. The maximum absolute atomic E-state index is 4.24. The molecule has 1 aliphatic rings. The maximum atomic E-state index is 4.24. The molecular weight excluding hydrogens is 326 g/mol. The Morgan fingerprint density at radius 2 is 1.86 bits per heavy atom. The van der Waals surface area contributed by atoms with Gasteiger partial charge < -0.3 is 5.32 Å². The van der Waals surface area contributed by atoms with Gasteiger partial charge in [0.15, 0.2) is 0 Å². The van der Waals surface area contributed by atoms with E-state index in [2.05, 4.69) is 73.7 Å². The van der Waals surface area contributed by atoms with Crippen LogP contribution in [-0.2, 0) is 6.42 Å². The Kier molecular flexibility index (Phi) is 2.97. The largest absolute Gasteiger partial charge is 0.339 e. The van der Waals surface area contributed by atoms with E-state index in [0.717, 1.165) is 22.4 Å². The number of hydrogen-bond acceptors (Lipinski definition) is 3. The first-order valence-electron chi connectivity index (χ1n) is 6.75. The van der Waals surface area contributed by atoms with Gasteiger partial charge in [-0.25, -0.2) is 9.97 Å². The van der Waals surface area contributed by atoms with Crippen molar-refractivity contribution in [2.24, 2.45) is 0 Å². The van der Waals surface area contributed by atoms with Gasteiger partial charge in [-0.1, -0.05) is 30.3 Å². The third kappa shape index (κ3) is 2.21. The van der Waals surface area contributed by atoms with Gasteiger partial charge in [-0.05, 0) is 56.7 Å². The molecule has 2 aromatic carbocycles. The van der Waals surface area contributed by atoms with Gasteiger partial charge >= 0.3 is 0 Å². The fourth-order valence-corrected chi connectivity index (χ4v) is 3.08. The first kappa shape index (κ1) is 12.5. The molecule has 4 rings (SSSR count). The van der Waals surface area contributed by atoms with Crippen LogP contribution in [0, 0.1) is 0 Å². The quantitative estimate of drug-likeness (QED) is 0.582. The van der Waals surface area contributed by atoms with Gasteiger partial charge in [0.25, 0.3) is 0 Å². The van der Waals surface area contributed by atoms with Crippen LogP contribution in [0.3, 0.4) is 0 Å². The van der Waals surface area contributed by atoms with Crippen molar-refractivity contribution in [3.63, 3.8) is 0 Å². The van der Waals surface area contributed by atoms with Crippen molar-refractivity contribution in [1.29, 1.82) is 0 Å². The molecule has 0 unspecified atom stereocenters. The summed E-state index contributed by atoms with van der Waals surface area (Å²) in [6.07, 6.45) is 4.26. The number of nitrogens with zero attached hydrogens (tertiary/aromatic N) is 2. The lowest BCUT2D eigenvalue weighted by molar-refractivity contribution is 1.15. The van der Waals surface area contributed by atoms with Crippen molar-refractivity contribution in [3.8, 4) is 11.1 Å². The van der Waals surface area contributed by atoms with E-state index in [9.17, 15) is 0 Å². The standard InChI is InChI=1S/C17H12BrN3/c18-16-9-19-10-20-17(16)21-13-5-6-15-12(8-13)7-11-3-1-2-4-14(11)15/h1-6,8-10H,7H2,(H,19,20,21). The maximum Gasteiger partial charge on any atom is 0.148 e. The van der Waals surface area contributed by atoms with Crippen LogP contribution in [-0.4, -0.2) is 9.97 Å². The smallest absolute Gasteiger partial charge is 0.148 e. The van der Waals surface area contributed by atoms with E-state index in [-0.39, 0.29) is 0 Å². The number of anilines is 2. The number of fused-ring (bicyclic) bond motifs is 3. The summed E-state index contributed by atoms with van der Waals surface area (Å²) in [4.78, 5) is 8.21. The zero-order valence-corrected chi connectivity index (χ0v) is 12.8. The van der Waals surface area contributed by atoms with Crippen molar-refractivity contribution >= 4 is 27.4 Å². The van der Waals surface area contributed by atoms with Crippen molar-refractivity contribution in [2.75, 3.05) is 5.32 Å². The molecule has 0 radical (unpaired) electrons. The highest BCUT2D eigenvalue weighted by atomic mass is 79.9. The van der Waals surface area contributed by atoms with Gasteiger partial charge in [0, 0.05) is 11.9 Å². The Labute approximate surface area is 131 Å². The van der Waals surface area contributed by atoms with Crippen LogP contribution < -0.4 is 5.32 Å². The van der Waals surface area contributed by atoms with Crippen LogP contribution in [0.4, 0.5) is 11.5 Å². The molecule has 0 aliphatic heterocycles. The third-order valence-corrected chi connectivity index (χ3v) is 4.30. The number of nitrogens with one attached hydrogen (secondary N) is 1. The molecule has 3 nitrogen and oxygen atoms in total. The van der Waals surface area contributed by atoms with E-state index in [1.165, 1.54) is 28.6 Å². The minimum Gasteiger partial charge on any atom is -0.339 e. The molecule has 0 fully saturated rings. The topological polar surface area (TPSA) is 37.8 Å². The molecule has 0 saturated carbocycles. The molecule has 102 valence electrons. The highest BCUT2D eigenvalue weighted by molar-refractivity contribution is 9.10. The molecule has 1 heterocycles. The Bertz CT molecular complexity index is 830. The van der Waals surface area contributed by atoms with Crippen molar-refractivity contribution in [2.45, 2.75) is 6.42 Å². The summed E-state index contributed by atoms with van der Waals surface area (Å²) in [6.45, 7) is 0. The summed E-state index contributed by atoms with van der Waals surface area (Å²) in [5.41, 5.74) is 6.47. The summed E-state index contributed by atoms with van der Waals surface area (Å²) >= 11 is 3.45. The van der Waals surface area contributed by atoms with Gasteiger partial charge in [0.2, 0.25) is 0 Å². The van der Waals surface area contributed by atoms with E-state index >= 15 is 0 Å². The number of aromatic nitrogens is 2. The first-order chi connectivity index (χ1) is 10.3. The Balaban J connectivity index is 1.69. The molecule has 0 atom stereocenters. The predicted octanol–water partition coefficient (Wildman–Crippen LogP) is 4.55. The molecular formula is C17H12BrN3. The lowest BCUT2D eigenvalue weighted by Gasteiger charge is -2.09. The fourth-order valence-electron chi connectivity index (χ4n) is 2.76. The number of hydrogen-bond donors (Lipinski definition) is 1. The summed E-state index contributed by atoms with van der Waals surface area (Å²) in [6, 6.07) is 15.1. The number of rotatable bonds is 2. The van der Waals surface area contributed by atoms with E-state index in [1.54, 1.807) is 6.20 Å². The minimum atomic E-state index is 0.778. The van der Waals surface area contributed by atoms with Gasteiger partial charge in [-0.2, -0.15) is 0 Å². The zero-order chi connectivity index (χ0) is 14.2. The van der Waals surface area contributed by atoms with E-state index in [0.29, 0.717) is 0 Å². The van der Waals surface area contributed by atoms with Crippen LogP contribution in [0.25, 0.3) is 11.1 Å². The molecule has 3 aromatic rings. The van der Waals surface area contributed by atoms with Crippen LogP contribution in [0.15, 0.2) is 59.5 Å². The van der Waals surface area contributed by atoms with E-state index in [1.807, 2.05) is 0 Å². The molecule has 1 aromatic heterocycles. The molecule has 1 aliphatic carbocycles. The Hall–Kier alpha value is -2.20. The average molecular weight is 338 g/mol. The molecule has 4 heteroatoms. The second-order valence-corrected chi connectivity index (χ2v) is 5.90. The van der Waals surface area contributed by atoms with Crippen LogP contribution in [0.1, 0.15) is 11.1 Å². The molecule has 0 spiro atoms.